The molecule has 2 aliphatic rings. The molecule has 9 nitrogen and oxygen atoms in total. The first-order valence-corrected chi connectivity index (χ1v) is 11.5. The Hall–Kier alpha value is -3.85. The molecule has 0 saturated carbocycles. The SMILES string of the molecule is CCOc1ccccc1-n1nc(C(N)=O)c2c1C(=O)N(c1ccc(N3CCCC3O)cc1)CC2. The van der Waals surface area contributed by atoms with E-state index in [9.17, 15) is 14.7 Å². The molecule has 1 saturated heterocycles. The average Bonchev–Trinajstić information content (AvgIpc) is 3.44. The van der Waals surface area contributed by atoms with Crippen molar-refractivity contribution in [2.24, 2.45) is 5.73 Å². The van der Waals surface area contributed by atoms with Gasteiger partial charge in [-0.1, -0.05) is 12.1 Å². The van der Waals surface area contributed by atoms with Crippen LogP contribution in [0.1, 0.15) is 46.3 Å². The molecule has 34 heavy (non-hydrogen) atoms. The zero-order valence-corrected chi connectivity index (χ0v) is 19.0. The summed E-state index contributed by atoms with van der Waals surface area (Å²) in [7, 11) is 0. The molecule has 176 valence electrons. The lowest BCUT2D eigenvalue weighted by Crippen LogP contribution is -2.39. The Kier molecular flexibility index (Phi) is 5.70. The second-order valence-electron chi connectivity index (χ2n) is 8.39. The molecule has 0 radical (unpaired) electrons. The van der Waals surface area contributed by atoms with Gasteiger partial charge >= 0.3 is 0 Å². The molecule has 1 unspecified atom stereocenters. The highest BCUT2D eigenvalue weighted by atomic mass is 16.5. The molecule has 3 heterocycles. The number of anilines is 2. The number of aromatic nitrogens is 2. The van der Waals surface area contributed by atoms with Crippen LogP contribution in [0, 0.1) is 0 Å². The third kappa shape index (κ3) is 3.67. The van der Waals surface area contributed by atoms with Gasteiger partial charge in [0.05, 0.1) is 6.61 Å². The summed E-state index contributed by atoms with van der Waals surface area (Å²) in [5, 5.41) is 14.6. The number of carbonyl (C=O) groups excluding carboxylic acids is 2. The van der Waals surface area contributed by atoms with Crippen molar-refractivity contribution in [1.29, 1.82) is 0 Å². The maximum absolute atomic E-state index is 13.7. The van der Waals surface area contributed by atoms with Crippen LogP contribution >= 0.6 is 0 Å². The average molecular weight is 462 g/mol. The van der Waals surface area contributed by atoms with Crippen molar-refractivity contribution in [3.63, 3.8) is 0 Å². The lowest BCUT2D eigenvalue weighted by atomic mass is 10.0. The highest BCUT2D eigenvalue weighted by Gasteiger charge is 2.35. The molecule has 2 aromatic carbocycles. The summed E-state index contributed by atoms with van der Waals surface area (Å²) < 4.78 is 7.22. The third-order valence-corrected chi connectivity index (χ3v) is 6.36. The van der Waals surface area contributed by atoms with Gasteiger partial charge in [-0.15, -0.1) is 0 Å². The van der Waals surface area contributed by atoms with Crippen molar-refractivity contribution in [2.75, 3.05) is 29.5 Å². The first-order chi connectivity index (χ1) is 16.5. The van der Waals surface area contributed by atoms with Crippen molar-refractivity contribution in [1.82, 2.24) is 9.78 Å². The lowest BCUT2D eigenvalue weighted by molar-refractivity contribution is 0.0972. The molecule has 3 aromatic rings. The van der Waals surface area contributed by atoms with Crippen molar-refractivity contribution < 1.29 is 19.4 Å². The number of benzene rings is 2. The van der Waals surface area contributed by atoms with Gasteiger partial charge in [0.1, 0.15) is 23.4 Å². The highest BCUT2D eigenvalue weighted by Crippen LogP contribution is 2.33. The fraction of sp³-hybridized carbons (Fsp3) is 0.320. The molecule has 1 atom stereocenters. The van der Waals surface area contributed by atoms with Gasteiger partial charge in [0.15, 0.2) is 5.69 Å². The Bertz CT molecular complexity index is 1240. The minimum Gasteiger partial charge on any atom is -0.492 e. The number of ether oxygens (including phenoxy) is 1. The lowest BCUT2D eigenvalue weighted by Gasteiger charge is -2.29. The number of fused-ring (bicyclic) bond motifs is 1. The standard InChI is InChI=1S/C25H27N5O4/c1-2-34-20-7-4-3-6-19(20)30-23-18(22(27-30)24(26)32)13-15-29(25(23)33)17-11-9-16(10-12-17)28-14-5-8-21(28)31/h3-4,6-7,9-12,21,31H,2,5,8,13-15H2,1H3,(H2,26,32). The molecular formula is C25H27N5O4. The second kappa shape index (κ2) is 8.83. The first-order valence-electron chi connectivity index (χ1n) is 11.5. The molecule has 0 aliphatic carbocycles. The van der Waals surface area contributed by atoms with Crippen LogP contribution in [0.2, 0.25) is 0 Å². The summed E-state index contributed by atoms with van der Waals surface area (Å²) in [4.78, 5) is 29.5. The van der Waals surface area contributed by atoms with Gasteiger partial charge in [-0.05, 0) is 62.6 Å². The number of aliphatic hydroxyl groups is 1. The number of amides is 2. The van der Waals surface area contributed by atoms with Crippen LogP contribution in [0.3, 0.4) is 0 Å². The number of primary amides is 1. The summed E-state index contributed by atoms with van der Waals surface area (Å²) in [5.74, 6) is -0.370. The van der Waals surface area contributed by atoms with Gasteiger partial charge in [-0.25, -0.2) is 4.68 Å². The fourth-order valence-corrected chi connectivity index (χ4v) is 4.76. The molecule has 1 aromatic heterocycles. The van der Waals surface area contributed by atoms with Gasteiger partial charge in [0.2, 0.25) is 0 Å². The van der Waals surface area contributed by atoms with Crippen LogP contribution in [0.25, 0.3) is 5.69 Å². The van der Waals surface area contributed by atoms with Gasteiger partial charge in [-0.3, -0.25) is 9.59 Å². The minimum absolute atomic E-state index is 0.104. The Morgan fingerprint density at radius 2 is 1.88 bits per heavy atom. The summed E-state index contributed by atoms with van der Waals surface area (Å²) in [6.07, 6.45) is 1.68. The molecule has 1 fully saturated rings. The smallest absolute Gasteiger partial charge is 0.277 e. The summed E-state index contributed by atoms with van der Waals surface area (Å²) in [6.45, 7) is 3.53. The van der Waals surface area contributed by atoms with E-state index in [1.807, 2.05) is 48.2 Å². The van der Waals surface area contributed by atoms with Crippen molar-refractivity contribution in [3.05, 3.63) is 65.5 Å². The predicted octanol–water partition coefficient (Wildman–Crippen LogP) is 2.49. The van der Waals surface area contributed by atoms with Gasteiger partial charge < -0.3 is 25.4 Å². The highest BCUT2D eigenvalue weighted by molar-refractivity contribution is 6.09. The number of carbonyl (C=O) groups is 2. The second-order valence-corrected chi connectivity index (χ2v) is 8.39. The number of hydrogen-bond donors (Lipinski definition) is 2. The van der Waals surface area contributed by atoms with Crippen LogP contribution in [0.5, 0.6) is 5.75 Å². The minimum atomic E-state index is -0.668. The zero-order valence-electron chi connectivity index (χ0n) is 19.0. The number of rotatable bonds is 6. The Morgan fingerprint density at radius 3 is 2.56 bits per heavy atom. The number of para-hydroxylation sites is 2. The van der Waals surface area contributed by atoms with Gasteiger partial charge in [0.25, 0.3) is 11.8 Å². The number of nitrogens with zero attached hydrogens (tertiary/aromatic N) is 4. The van der Waals surface area contributed by atoms with E-state index in [0.717, 1.165) is 30.8 Å². The van der Waals surface area contributed by atoms with Crippen LogP contribution in [0.15, 0.2) is 48.5 Å². The van der Waals surface area contributed by atoms with Crippen molar-refractivity contribution in [2.45, 2.75) is 32.4 Å². The Morgan fingerprint density at radius 1 is 1.15 bits per heavy atom. The molecule has 2 amide bonds. The topological polar surface area (TPSA) is 114 Å². The van der Waals surface area contributed by atoms with Crippen molar-refractivity contribution in [3.8, 4) is 11.4 Å². The molecule has 0 bridgehead atoms. The van der Waals surface area contributed by atoms with E-state index in [-0.39, 0.29) is 11.6 Å². The van der Waals surface area contributed by atoms with E-state index in [2.05, 4.69) is 5.10 Å². The van der Waals surface area contributed by atoms with E-state index in [1.165, 1.54) is 4.68 Å². The number of aliphatic hydroxyl groups excluding tert-OH is 1. The van der Waals surface area contributed by atoms with Crippen molar-refractivity contribution >= 4 is 23.2 Å². The monoisotopic (exact) mass is 461 g/mol. The Balaban J connectivity index is 1.53. The van der Waals surface area contributed by atoms with Crippen LogP contribution in [0.4, 0.5) is 11.4 Å². The summed E-state index contributed by atoms with van der Waals surface area (Å²) in [5.41, 5.74) is 8.81. The molecule has 5 rings (SSSR count). The van der Waals surface area contributed by atoms with E-state index < -0.39 is 12.1 Å². The third-order valence-electron chi connectivity index (χ3n) is 6.36. The van der Waals surface area contributed by atoms with Crippen LogP contribution in [-0.4, -0.2) is 52.6 Å². The largest absolute Gasteiger partial charge is 0.492 e. The van der Waals surface area contributed by atoms with E-state index in [0.29, 0.717) is 42.3 Å². The zero-order chi connectivity index (χ0) is 23.8. The first kappa shape index (κ1) is 22.0. The summed E-state index contributed by atoms with van der Waals surface area (Å²) >= 11 is 0. The number of hydrogen-bond acceptors (Lipinski definition) is 6. The Labute approximate surface area is 197 Å². The molecular weight excluding hydrogens is 434 g/mol. The maximum atomic E-state index is 13.7. The molecule has 2 aliphatic heterocycles. The van der Waals surface area contributed by atoms with E-state index >= 15 is 0 Å². The van der Waals surface area contributed by atoms with E-state index in [4.69, 9.17) is 10.5 Å². The number of nitrogens with two attached hydrogens (primary N) is 1. The molecule has 9 heteroatoms. The van der Waals surface area contributed by atoms with Crippen LogP contribution < -0.4 is 20.3 Å². The molecule has 3 N–H and O–H groups in total. The fourth-order valence-electron chi connectivity index (χ4n) is 4.76. The van der Waals surface area contributed by atoms with E-state index in [1.54, 1.807) is 17.0 Å². The van der Waals surface area contributed by atoms with Gasteiger partial charge in [0, 0.05) is 30.0 Å². The van der Waals surface area contributed by atoms with Crippen LogP contribution in [-0.2, 0) is 6.42 Å². The van der Waals surface area contributed by atoms with Gasteiger partial charge in [-0.2, -0.15) is 5.10 Å². The summed E-state index contributed by atoms with van der Waals surface area (Å²) in [6, 6.07) is 14.9. The molecule has 0 spiro atoms. The normalized spacial score (nSPS) is 17.7. The maximum Gasteiger partial charge on any atom is 0.277 e. The predicted molar refractivity (Wildman–Crippen MR) is 128 cm³/mol. The quantitative estimate of drug-likeness (QED) is 0.583.